The van der Waals surface area contributed by atoms with Crippen LogP contribution in [0.5, 0.6) is 0 Å². The van der Waals surface area contributed by atoms with Crippen LogP contribution in [-0.2, 0) is 30.8 Å². The summed E-state index contributed by atoms with van der Waals surface area (Å²) in [4.78, 5) is 22.7. The highest BCUT2D eigenvalue weighted by Crippen LogP contribution is 2.42. The van der Waals surface area contributed by atoms with Gasteiger partial charge in [-0.1, -0.05) is 101 Å². The normalized spacial score (nSPS) is 25.9. The van der Waals surface area contributed by atoms with E-state index in [-0.39, 0.29) is 24.0 Å². The van der Waals surface area contributed by atoms with Crippen LogP contribution in [0, 0.1) is 17.8 Å². The van der Waals surface area contributed by atoms with Crippen molar-refractivity contribution in [1.29, 1.82) is 0 Å². The fourth-order valence-corrected chi connectivity index (χ4v) is 7.32. The number of halogens is 1. The standard InChI is InChI=1S/C18H18O2.C11H9Br.C7H10O2/c19-18-16(15-6-3-7-17(15)20-18)11-12-8-9-13-4-1-2-5-14(13)10-12;12-8-9-5-6-10-3-1-2-4-11(10)7-9;8-7-4-5-2-1-3-6(5)9-7/h1-2,4-5,8-10,15-17H,3,6-7,11H2;1-7H,8H2;5-6H,1-4H2. The van der Waals surface area contributed by atoms with Crippen LogP contribution in [0.15, 0.2) is 84.9 Å². The number of hydrogen-bond acceptors (Lipinski definition) is 4. The van der Waals surface area contributed by atoms with Gasteiger partial charge in [0.2, 0.25) is 0 Å². The second-order valence-electron chi connectivity index (χ2n) is 11.8. The van der Waals surface area contributed by atoms with E-state index in [2.05, 4.69) is 101 Å². The maximum Gasteiger partial charge on any atom is 0.309 e. The van der Waals surface area contributed by atoms with Crippen molar-refractivity contribution in [3.63, 3.8) is 0 Å². The molecule has 4 aromatic carbocycles. The summed E-state index contributed by atoms with van der Waals surface area (Å²) < 4.78 is 10.6. The Kier molecular flexibility index (Phi) is 8.71. The summed E-state index contributed by atoms with van der Waals surface area (Å²) in [5, 5.41) is 6.05. The summed E-state index contributed by atoms with van der Waals surface area (Å²) >= 11 is 3.44. The average molecular weight is 614 g/mol. The smallest absolute Gasteiger partial charge is 0.309 e. The first kappa shape index (κ1) is 28.0. The Morgan fingerprint density at radius 3 is 1.95 bits per heavy atom. The molecular weight excluding hydrogens is 576 g/mol. The van der Waals surface area contributed by atoms with E-state index in [0.717, 1.165) is 31.0 Å². The molecule has 0 amide bonds. The molecule has 4 fully saturated rings. The van der Waals surface area contributed by atoms with E-state index in [4.69, 9.17) is 9.47 Å². The predicted molar refractivity (Wildman–Crippen MR) is 167 cm³/mol. The number of ether oxygens (including phenoxy) is 2. The summed E-state index contributed by atoms with van der Waals surface area (Å²) in [6.45, 7) is 0. The molecule has 4 nitrogen and oxygen atoms in total. The molecule has 2 aliphatic heterocycles. The molecule has 0 radical (unpaired) electrons. The van der Waals surface area contributed by atoms with Gasteiger partial charge in [0.15, 0.2) is 0 Å². The predicted octanol–water partition coefficient (Wildman–Crippen LogP) is 8.56. The van der Waals surface area contributed by atoms with Crippen LogP contribution in [0.1, 0.15) is 56.1 Å². The fourth-order valence-electron chi connectivity index (χ4n) is 6.97. The molecule has 5 heteroatoms. The average Bonchev–Trinajstić information content (AvgIpc) is 3.77. The molecule has 2 heterocycles. The lowest BCUT2D eigenvalue weighted by Crippen LogP contribution is -2.18. The van der Waals surface area contributed by atoms with Gasteiger partial charge in [0.05, 0.1) is 12.3 Å². The third-order valence-electron chi connectivity index (χ3n) is 9.13. The molecule has 2 aliphatic carbocycles. The van der Waals surface area contributed by atoms with Gasteiger partial charge in [-0.25, -0.2) is 0 Å². The highest BCUT2D eigenvalue weighted by Gasteiger charge is 2.46. The molecule has 5 unspecified atom stereocenters. The first-order valence-electron chi connectivity index (χ1n) is 15.0. The van der Waals surface area contributed by atoms with Crippen LogP contribution in [0.3, 0.4) is 0 Å². The number of esters is 2. The monoisotopic (exact) mass is 612 g/mol. The van der Waals surface area contributed by atoms with E-state index in [1.807, 2.05) is 0 Å². The van der Waals surface area contributed by atoms with Crippen LogP contribution in [0.2, 0.25) is 0 Å². The van der Waals surface area contributed by atoms with Gasteiger partial charge >= 0.3 is 11.9 Å². The fraction of sp³-hybridized carbons (Fsp3) is 0.389. The molecule has 212 valence electrons. The number of carbonyl (C=O) groups is 2. The van der Waals surface area contributed by atoms with E-state index in [0.29, 0.717) is 24.4 Å². The first-order chi connectivity index (χ1) is 20.1. The van der Waals surface area contributed by atoms with Crippen LogP contribution in [0.25, 0.3) is 21.5 Å². The quantitative estimate of drug-likeness (QED) is 0.172. The van der Waals surface area contributed by atoms with Gasteiger partial charge < -0.3 is 9.47 Å². The van der Waals surface area contributed by atoms with E-state index >= 15 is 0 Å². The Morgan fingerprint density at radius 1 is 0.659 bits per heavy atom. The van der Waals surface area contributed by atoms with Crippen LogP contribution in [-0.4, -0.2) is 24.1 Å². The minimum Gasteiger partial charge on any atom is -0.462 e. The Hall–Kier alpha value is -3.18. The van der Waals surface area contributed by atoms with E-state index in [9.17, 15) is 9.59 Å². The third-order valence-corrected chi connectivity index (χ3v) is 9.78. The molecule has 0 aromatic heterocycles. The highest BCUT2D eigenvalue weighted by atomic mass is 79.9. The number of fused-ring (bicyclic) bond motifs is 4. The molecule has 0 spiro atoms. The second-order valence-corrected chi connectivity index (χ2v) is 12.4. The van der Waals surface area contributed by atoms with E-state index in [1.165, 1.54) is 51.9 Å². The van der Waals surface area contributed by atoms with Crippen LogP contribution >= 0.6 is 15.9 Å². The molecule has 0 bridgehead atoms. The zero-order chi connectivity index (χ0) is 28.2. The van der Waals surface area contributed by atoms with Gasteiger partial charge in [-0.05, 0) is 77.6 Å². The molecule has 2 saturated heterocycles. The van der Waals surface area contributed by atoms with Gasteiger partial charge in [-0.3, -0.25) is 9.59 Å². The van der Waals surface area contributed by atoms with E-state index < -0.39 is 0 Å². The Morgan fingerprint density at radius 2 is 1.27 bits per heavy atom. The number of benzene rings is 4. The Labute approximate surface area is 250 Å². The van der Waals surface area contributed by atoms with Crippen LogP contribution < -0.4 is 0 Å². The molecule has 4 aliphatic rings. The van der Waals surface area contributed by atoms with E-state index in [1.54, 1.807) is 0 Å². The topological polar surface area (TPSA) is 52.6 Å². The van der Waals surface area contributed by atoms with Crippen molar-refractivity contribution >= 4 is 49.4 Å². The summed E-state index contributed by atoms with van der Waals surface area (Å²) in [7, 11) is 0. The maximum atomic E-state index is 12.0. The number of hydrogen-bond donors (Lipinski definition) is 0. The Bertz CT molecular complexity index is 1520. The molecule has 41 heavy (non-hydrogen) atoms. The van der Waals surface area contributed by atoms with Crippen molar-refractivity contribution in [3.05, 3.63) is 96.1 Å². The molecule has 2 saturated carbocycles. The van der Waals surface area contributed by atoms with Crippen molar-refractivity contribution in [2.75, 3.05) is 0 Å². The largest absolute Gasteiger partial charge is 0.462 e. The number of alkyl halides is 1. The lowest BCUT2D eigenvalue weighted by molar-refractivity contribution is -0.144. The van der Waals surface area contributed by atoms with Crippen molar-refractivity contribution in [2.24, 2.45) is 17.8 Å². The van der Waals surface area contributed by atoms with Crippen molar-refractivity contribution < 1.29 is 19.1 Å². The lowest BCUT2D eigenvalue weighted by atomic mass is 9.86. The minimum atomic E-state index is 0.0182. The first-order valence-corrected chi connectivity index (χ1v) is 16.1. The van der Waals surface area contributed by atoms with Gasteiger partial charge in [-0.15, -0.1) is 0 Å². The minimum absolute atomic E-state index is 0.0182. The SMILES string of the molecule is BrCc1ccc2ccccc2c1.O=C1CC2CCCC2O1.O=C1OC2CCCC2C1Cc1ccc2ccccc2c1. The molecular formula is C36H37BrO4. The van der Waals surface area contributed by atoms with Crippen LogP contribution in [0.4, 0.5) is 0 Å². The zero-order valence-corrected chi connectivity index (χ0v) is 24.9. The van der Waals surface area contributed by atoms with Crippen molar-refractivity contribution in [1.82, 2.24) is 0 Å². The van der Waals surface area contributed by atoms with Gasteiger partial charge in [-0.2, -0.15) is 0 Å². The summed E-state index contributed by atoms with van der Waals surface area (Å²) in [6, 6.07) is 29.8. The lowest BCUT2D eigenvalue weighted by Gasteiger charge is -2.13. The summed E-state index contributed by atoms with van der Waals surface area (Å²) in [5.41, 5.74) is 2.58. The molecule has 4 aromatic rings. The number of carbonyl (C=O) groups excluding carboxylic acids is 2. The Balaban J connectivity index is 0.000000122. The summed E-state index contributed by atoms with van der Waals surface area (Å²) in [5.74, 6) is 1.15. The van der Waals surface area contributed by atoms with Gasteiger partial charge in [0, 0.05) is 17.2 Å². The summed E-state index contributed by atoms with van der Waals surface area (Å²) in [6.07, 6.45) is 8.99. The zero-order valence-electron chi connectivity index (χ0n) is 23.3. The second kappa shape index (κ2) is 12.8. The molecule has 5 atom stereocenters. The molecule has 0 N–H and O–H groups in total. The van der Waals surface area contributed by atoms with Crippen molar-refractivity contribution in [3.8, 4) is 0 Å². The third kappa shape index (κ3) is 6.51. The van der Waals surface area contributed by atoms with Gasteiger partial charge in [0.1, 0.15) is 12.2 Å². The highest BCUT2D eigenvalue weighted by molar-refractivity contribution is 9.08. The molecule has 8 rings (SSSR count). The number of rotatable bonds is 3. The maximum absolute atomic E-state index is 12.0. The van der Waals surface area contributed by atoms with Gasteiger partial charge in [0.25, 0.3) is 0 Å². The van der Waals surface area contributed by atoms with Crippen molar-refractivity contribution in [2.45, 2.75) is 68.9 Å².